The van der Waals surface area contributed by atoms with Gasteiger partial charge in [0.25, 0.3) is 5.56 Å². The molecule has 35 heavy (non-hydrogen) atoms. The molecule has 8 nitrogen and oxygen atoms in total. The number of piperidine rings is 1. The first-order valence-corrected chi connectivity index (χ1v) is 11.8. The Balaban J connectivity index is 1.23. The number of fused-ring (bicyclic) bond motifs is 1. The van der Waals surface area contributed by atoms with Crippen LogP contribution in [-0.4, -0.2) is 39.3 Å². The fraction of sp³-hybridized carbons (Fsp3) is 0.370. The van der Waals surface area contributed by atoms with Crippen LogP contribution in [0.2, 0.25) is 0 Å². The number of nitrogens with two attached hydrogens (primary N) is 1. The molecule has 8 heteroatoms. The molecule has 5 rings (SSSR count). The molecule has 1 fully saturated rings. The third kappa shape index (κ3) is 4.53. The lowest BCUT2D eigenvalue weighted by Gasteiger charge is -2.42. The number of benzene rings is 1. The topological polar surface area (TPSA) is 106 Å². The molecule has 0 unspecified atom stereocenters. The van der Waals surface area contributed by atoms with Crippen molar-refractivity contribution >= 4 is 5.82 Å². The minimum atomic E-state index is -0.214. The van der Waals surface area contributed by atoms with Crippen molar-refractivity contribution in [2.75, 3.05) is 24.6 Å². The van der Waals surface area contributed by atoms with Crippen LogP contribution in [0.3, 0.4) is 0 Å². The van der Waals surface area contributed by atoms with E-state index in [-0.39, 0.29) is 30.2 Å². The molecular formula is C27H29N5O3. The van der Waals surface area contributed by atoms with Crippen LogP contribution in [0.15, 0.2) is 53.6 Å². The van der Waals surface area contributed by atoms with E-state index < -0.39 is 0 Å². The van der Waals surface area contributed by atoms with Gasteiger partial charge in [-0.25, -0.2) is 9.97 Å². The Kier molecular flexibility index (Phi) is 6.29. The first-order valence-electron chi connectivity index (χ1n) is 11.8. The van der Waals surface area contributed by atoms with Gasteiger partial charge in [-0.2, -0.15) is 0 Å². The molecule has 1 spiro atoms. The van der Waals surface area contributed by atoms with E-state index in [0.717, 1.165) is 32.4 Å². The second kappa shape index (κ2) is 9.53. The summed E-state index contributed by atoms with van der Waals surface area (Å²) >= 11 is 0. The van der Waals surface area contributed by atoms with Gasteiger partial charge in [0.2, 0.25) is 0 Å². The van der Waals surface area contributed by atoms with Gasteiger partial charge in [0, 0.05) is 38.4 Å². The zero-order valence-electron chi connectivity index (χ0n) is 19.8. The molecule has 0 bridgehead atoms. The molecule has 180 valence electrons. The highest BCUT2D eigenvalue weighted by molar-refractivity contribution is 5.47. The van der Waals surface area contributed by atoms with E-state index >= 15 is 0 Å². The van der Waals surface area contributed by atoms with Gasteiger partial charge in [-0.05, 0) is 47.8 Å². The van der Waals surface area contributed by atoms with Crippen LogP contribution in [-0.2, 0) is 20.1 Å². The SMILES string of the molecule is Cn1ccc(OCC#Cc2cnc(N3CCC4(CC3)Cc3ccccc3[C@H]4N)c(CO)n2)cc1=O. The van der Waals surface area contributed by atoms with Crippen molar-refractivity contribution in [3.63, 3.8) is 0 Å². The second-order valence-electron chi connectivity index (χ2n) is 9.29. The maximum Gasteiger partial charge on any atom is 0.253 e. The predicted octanol–water partition coefficient (Wildman–Crippen LogP) is 1.94. The smallest absolute Gasteiger partial charge is 0.253 e. The summed E-state index contributed by atoms with van der Waals surface area (Å²) in [6.07, 6.45) is 6.23. The maximum atomic E-state index is 11.7. The summed E-state index contributed by atoms with van der Waals surface area (Å²) in [5, 5.41) is 9.95. The molecule has 3 N–H and O–H groups in total. The lowest BCUT2D eigenvalue weighted by molar-refractivity contribution is 0.186. The lowest BCUT2D eigenvalue weighted by Crippen LogP contribution is -2.45. The fourth-order valence-corrected chi connectivity index (χ4v) is 5.19. The molecule has 1 atom stereocenters. The average molecular weight is 472 g/mol. The van der Waals surface area contributed by atoms with Crippen LogP contribution in [0.5, 0.6) is 5.75 Å². The molecule has 0 radical (unpaired) electrons. The van der Waals surface area contributed by atoms with Crippen LogP contribution >= 0.6 is 0 Å². The third-order valence-electron chi connectivity index (χ3n) is 7.23. The van der Waals surface area contributed by atoms with Crippen LogP contribution < -0.4 is 20.9 Å². The number of nitrogens with zero attached hydrogens (tertiary/aromatic N) is 4. The van der Waals surface area contributed by atoms with Gasteiger partial charge >= 0.3 is 0 Å². The van der Waals surface area contributed by atoms with Gasteiger partial charge in [-0.3, -0.25) is 4.79 Å². The number of rotatable bonds is 4. The first kappa shape index (κ1) is 23.1. The quantitative estimate of drug-likeness (QED) is 0.560. The second-order valence-corrected chi connectivity index (χ2v) is 9.29. The van der Waals surface area contributed by atoms with Crippen molar-refractivity contribution in [1.29, 1.82) is 0 Å². The molecule has 2 aliphatic rings. The number of aliphatic hydroxyl groups is 1. The van der Waals surface area contributed by atoms with E-state index in [0.29, 0.717) is 23.0 Å². The predicted molar refractivity (Wildman–Crippen MR) is 133 cm³/mol. The number of aliphatic hydroxyl groups excluding tert-OH is 1. The van der Waals surface area contributed by atoms with Gasteiger partial charge in [0.05, 0.1) is 12.8 Å². The number of hydrogen-bond acceptors (Lipinski definition) is 7. The normalized spacial score (nSPS) is 18.1. The molecular weight excluding hydrogens is 442 g/mol. The summed E-state index contributed by atoms with van der Waals surface area (Å²) in [5.74, 6) is 6.98. The van der Waals surface area contributed by atoms with Crippen LogP contribution in [0.4, 0.5) is 5.82 Å². The molecule has 3 aromatic rings. The van der Waals surface area contributed by atoms with Gasteiger partial charge in [-0.15, -0.1) is 0 Å². The standard InChI is InChI=1S/C27H29N5O3/c1-31-11-8-21(15-24(31)34)35-14-4-6-20-17-29-26(23(18-33)30-20)32-12-9-27(10-13-32)16-19-5-2-3-7-22(19)25(27)28/h2-3,5,7-8,11,15,17,25,33H,9-10,12-14,16,18,28H2,1H3/t25-/m1/s1. The van der Waals surface area contributed by atoms with Crippen molar-refractivity contribution in [3.05, 3.63) is 81.7 Å². The van der Waals surface area contributed by atoms with Crippen molar-refractivity contribution < 1.29 is 9.84 Å². The fourth-order valence-electron chi connectivity index (χ4n) is 5.19. The maximum absolute atomic E-state index is 11.7. The molecule has 0 saturated carbocycles. The van der Waals surface area contributed by atoms with E-state index in [1.807, 2.05) is 0 Å². The summed E-state index contributed by atoms with van der Waals surface area (Å²) in [6.45, 7) is 1.54. The van der Waals surface area contributed by atoms with Crippen LogP contribution in [0.1, 0.15) is 41.4 Å². The lowest BCUT2D eigenvalue weighted by atomic mass is 9.73. The number of aromatic nitrogens is 3. The summed E-state index contributed by atoms with van der Waals surface area (Å²) in [7, 11) is 1.68. The Bertz CT molecular complexity index is 1350. The van der Waals surface area contributed by atoms with E-state index in [2.05, 4.69) is 51.0 Å². The van der Waals surface area contributed by atoms with Crippen molar-refractivity contribution in [1.82, 2.24) is 14.5 Å². The molecule has 3 heterocycles. The van der Waals surface area contributed by atoms with Crippen LogP contribution in [0.25, 0.3) is 0 Å². The minimum Gasteiger partial charge on any atom is -0.481 e. The van der Waals surface area contributed by atoms with Gasteiger partial charge in [-0.1, -0.05) is 30.2 Å². The molecule has 1 saturated heterocycles. The van der Waals surface area contributed by atoms with E-state index in [1.54, 1.807) is 25.5 Å². The zero-order valence-corrected chi connectivity index (χ0v) is 19.8. The Labute approximate surface area is 204 Å². The van der Waals surface area contributed by atoms with Gasteiger partial charge in [0.1, 0.15) is 23.7 Å². The highest BCUT2D eigenvalue weighted by atomic mass is 16.5. The molecule has 1 aliphatic heterocycles. The van der Waals surface area contributed by atoms with Crippen molar-refractivity contribution in [2.45, 2.75) is 31.9 Å². The highest BCUT2D eigenvalue weighted by Crippen LogP contribution is 2.50. The summed E-state index contributed by atoms with van der Waals surface area (Å²) in [5.41, 5.74) is 10.3. The molecule has 0 amide bonds. The highest BCUT2D eigenvalue weighted by Gasteiger charge is 2.46. The third-order valence-corrected chi connectivity index (χ3v) is 7.23. The van der Waals surface area contributed by atoms with Crippen LogP contribution in [0, 0.1) is 17.3 Å². The Morgan fingerprint density at radius 1 is 1.26 bits per heavy atom. The monoisotopic (exact) mass is 471 g/mol. The average Bonchev–Trinajstić information content (AvgIpc) is 3.15. The molecule has 1 aromatic carbocycles. The first-order chi connectivity index (χ1) is 17.0. The molecule has 1 aliphatic carbocycles. The van der Waals surface area contributed by atoms with E-state index in [9.17, 15) is 9.90 Å². The Morgan fingerprint density at radius 2 is 2.06 bits per heavy atom. The number of pyridine rings is 1. The largest absolute Gasteiger partial charge is 0.481 e. The van der Waals surface area contributed by atoms with Crippen molar-refractivity contribution in [2.24, 2.45) is 18.2 Å². The number of ether oxygens (including phenoxy) is 1. The molecule has 2 aromatic heterocycles. The summed E-state index contributed by atoms with van der Waals surface area (Å²) in [6, 6.07) is 11.7. The number of hydrogen-bond donors (Lipinski definition) is 2. The minimum absolute atomic E-state index is 0.0583. The van der Waals surface area contributed by atoms with E-state index in [4.69, 9.17) is 10.5 Å². The summed E-state index contributed by atoms with van der Waals surface area (Å²) in [4.78, 5) is 23.0. The number of anilines is 1. The van der Waals surface area contributed by atoms with E-state index in [1.165, 1.54) is 21.8 Å². The summed E-state index contributed by atoms with van der Waals surface area (Å²) < 4.78 is 6.98. The Morgan fingerprint density at radius 3 is 2.80 bits per heavy atom. The van der Waals surface area contributed by atoms with Gasteiger partial charge < -0.3 is 25.0 Å². The zero-order chi connectivity index (χ0) is 24.4. The number of aryl methyl sites for hydroxylation is 1. The Hall–Kier alpha value is -3.67. The van der Waals surface area contributed by atoms with Gasteiger partial charge in [0.15, 0.2) is 5.82 Å². The van der Waals surface area contributed by atoms with Crippen molar-refractivity contribution in [3.8, 4) is 17.6 Å².